The topological polar surface area (TPSA) is 65.7 Å². The van der Waals surface area contributed by atoms with E-state index in [4.69, 9.17) is 21.1 Å². The lowest BCUT2D eigenvalue weighted by Crippen LogP contribution is -2.23. The summed E-state index contributed by atoms with van der Waals surface area (Å²) in [6, 6.07) is 12.7. The van der Waals surface area contributed by atoms with Gasteiger partial charge >= 0.3 is 0 Å². The SMILES string of the molecule is CCOc1ccc(/C=c2/sc3nc(-c4ccc(Cl)cc4)nn3c2=O)cc1OC. The van der Waals surface area contributed by atoms with Crippen molar-refractivity contribution in [3.8, 4) is 22.9 Å². The van der Waals surface area contributed by atoms with Gasteiger partial charge in [-0.15, -0.1) is 5.10 Å². The molecule has 6 nitrogen and oxygen atoms in total. The van der Waals surface area contributed by atoms with Crippen LogP contribution in [0.15, 0.2) is 47.3 Å². The van der Waals surface area contributed by atoms with Gasteiger partial charge in [0.1, 0.15) is 0 Å². The molecular weight excluding hydrogens is 398 g/mol. The first-order chi connectivity index (χ1) is 13.6. The second-order valence-electron chi connectivity index (χ2n) is 5.90. The minimum absolute atomic E-state index is 0.208. The quantitative estimate of drug-likeness (QED) is 0.501. The molecule has 0 atom stereocenters. The Labute approximate surface area is 169 Å². The Balaban J connectivity index is 1.74. The highest BCUT2D eigenvalue weighted by Crippen LogP contribution is 2.28. The van der Waals surface area contributed by atoms with Gasteiger partial charge in [0, 0.05) is 10.6 Å². The summed E-state index contributed by atoms with van der Waals surface area (Å²) >= 11 is 7.20. The van der Waals surface area contributed by atoms with Crippen LogP contribution in [0.25, 0.3) is 22.4 Å². The number of halogens is 1. The van der Waals surface area contributed by atoms with Gasteiger partial charge in [-0.05, 0) is 55.0 Å². The minimum Gasteiger partial charge on any atom is -0.493 e. The molecule has 0 fully saturated rings. The Morgan fingerprint density at radius 2 is 1.96 bits per heavy atom. The molecular formula is C20H16ClN3O3S. The third kappa shape index (κ3) is 3.46. The number of rotatable bonds is 5. The number of aromatic nitrogens is 3. The van der Waals surface area contributed by atoms with Gasteiger partial charge in [0.15, 0.2) is 17.3 Å². The smallest absolute Gasteiger partial charge is 0.291 e. The van der Waals surface area contributed by atoms with Crippen LogP contribution in [0.2, 0.25) is 5.02 Å². The third-order valence-electron chi connectivity index (χ3n) is 4.07. The third-order valence-corrected chi connectivity index (χ3v) is 5.28. The van der Waals surface area contributed by atoms with Gasteiger partial charge in [-0.3, -0.25) is 4.79 Å². The van der Waals surface area contributed by atoms with E-state index >= 15 is 0 Å². The van der Waals surface area contributed by atoms with Crippen LogP contribution in [-0.2, 0) is 0 Å². The number of fused-ring (bicyclic) bond motifs is 1. The molecule has 2 heterocycles. The van der Waals surface area contributed by atoms with Crippen LogP contribution in [0.1, 0.15) is 12.5 Å². The summed E-state index contributed by atoms with van der Waals surface area (Å²) in [5, 5.41) is 4.98. The van der Waals surface area contributed by atoms with Crippen molar-refractivity contribution in [3.63, 3.8) is 0 Å². The molecule has 0 saturated heterocycles. The molecule has 0 amide bonds. The highest BCUT2D eigenvalue weighted by atomic mass is 35.5. The van der Waals surface area contributed by atoms with E-state index in [0.717, 1.165) is 11.1 Å². The molecule has 0 aliphatic carbocycles. The number of nitrogens with zero attached hydrogens (tertiary/aromatic N) is 3. The predicted octanol–water partition coefficient (Wildman–Crippen LogP) is 3.43. The highest BCUT2D eigenvalue weighted by molar-refractivity contribution is 7.15. The lowest BCUT2D eigenvalue weighted by molar-refractivity contribution is 0.311. The number of benzene rings is 2. The summed E-state index contributed by atoms with van der Waals surface area (Å²) in [7, 11) is 1.59. The average molecular weight is 414 g/mol. The van der Waals surface area contributed by atoms with Crippen LogP contribution in [0.5, 0.6) is 11.5 Å². The van der Waals surface area contributed by atoms with Gasteiger partial charge in [0.25, 0.3) is 5.56 Å². The monoisotopic (exact) mass is 413 g/mol. The molecule has 142 valence electrons. The molecule has 0 aliphatic heterocycles. The van der Waals surface area contributed by atoms with Crippen LogP contribution < -0.4 is 19.6 Å². The first-order valence-corrected chi connectivity index (χ1v) is 9.76. The number of hydrogen-bond donors (Lipinski definition) is 0. The summed E-state index contributed by atoms with van der Waals surface area (Å²) in [6.45, 7) is 2.46. The Morgan fingerprint density at radius 3 is 2.64 bits per heavy atom. The zero-order valence-electron chi connectivity index (χ0n) is 15.2. The molecule has 0 radical (unpaired) electrons. The number of thiazole rings is 1. The molecule has 8 heteroatoms. The average Bonchev–Trinajstić information content (AvgIpc) is 3.23. The van der Waals surface area contributed by atoms with Crippen molar-refractivity contribution in [2.24, 2.45) is 0 Å². The number of hydrogen-bond acceptors (Lipinski definition) is 6. The zero-order valence-corrected chi connectivity index (χ0v) is 16.8. The summed E-state index contributed by atoms with van der Waals surface area (Å²) in [4.78, 5) is 17.7. The fourth-order valence-corrected chi connectivity index (χ4v) is 3.79. The summed E-state index contributed by atoms with van der Waals surface area (Å²) in [6.07, 6.45) is 1.80. The van der Waals surface area contributed by atoms with Crippen molar-refractivity contribution in [1.29, 1.82) is 0 Å². The molecule has 4 rings (SSSR count). The van der Waals surface area contributed by atoms with E-state index in [1.54, 1.807) is 25.3 Å². The molecule has 0 N–H and O–H groups in total. The van der Waals surface area contributed by atoms with E-state index in [9.17, 15) is 4.79 Å². The van der Waals surface area contributed by atoms with E-state index in [2.05, 4.69) is 10.1 Å². The molecule has 0 aliphatic rings. The Morgan fingerprint density at radius 1 is 1.18 bits per heavy atom. The highest BCUT2D eigenvalue weighted by Gasteiger charge is 2.12. The van der Waals surface area contributed by atoms with Gasteiger partial charge in [0.2, 0.25) is 4.96 Å². The van der Waals surface area contributed by atoms with Crippen LogP contribution in [0.3, 0.4) is 0 Å². The van der Waals surface area contributed by atoms with Crippen molar-refractivity contribution < 1.29 is 9.47 Å². The summed E-state index contributed by atoms with van der Waals surface area (Å²) < 4.78 is 12.8. The van der Waals surface area contributed by atoms with Gasteiger partial charge in [0.05, 0.1) is 18.2 Å². The summed E-state index contributed by atoms with van der Waals surface area (Å²) in [5.41, 5.74) is 1.43. The van der Waals surface area contributed by atoms with Crippen molar-refractivity contribution in [1.82, 2.24) is 14.6 Å². The van der Waals surface area contributed by atoms with E-state index in [1.165, 1.54) is 15.9 Å². The Bertz CT molecular complexity index is 1250. The maximum absolute atomic E-state index is 12.7. The molecule has 4 aromatic rings. The molecule has 2 aromatic carbocycles. The van der Waals surface area contributed by atoms with Gasteiger partial charge in [-0.1, -0.05) is 29.0 Å². The Hall–Kier alpha value is -2.90. The maximum atomic E-state index is 12.7. The fourth-order valence-electron chi connectivity index (χ4n) is 2.76. The molecule has 0 bridgehead atoms. The van der Waals surface area contributed by atoms with Gasteiger partial charge in [-0.25, -0.2) is 0 Å². The van der Waals surface area contributed by atoms with Gasteiger partial charge in [-0.2, -0.15) is 9.50 Å². The van der Waals surface area contributed by atoms with Crippen molar-refractivity contribution in [2.75, 3.05) is 13.7 Å². The second-order valence-corrected chi connectivity index (χ2v) is 7.34. The Kier molecular flexibility index (Phi) is 5.02. The summed E-state index contributed by atoms with van der Waals surface area (Å²) in [5.74, 6) is 1.78. The number of methoxy groups -OCH3 is 1. The van der Waals surface area contributed by atoms with E-state index in [1.807, 2.05) is 37.3 Å². The minimum atomic E-state index is -0.208. The fraction of sp³-hybridized carbons (Fsp3) is 0.150. The van der Waals surface area contributed by atoms with Crippen molar-refractivity contribution in [2.45, 2.75) is 6.92 Å². The lowest BCUT2D eigenvalue weighted by atomic mass is 10.2. The van der Waals surface area contributed by atoms with Crippen molar-refractivity contribution in [3.05, 3.63) is 67.9 Å². The molecule has 2 aromatic heterocycles. The van der Waals surface area contributed by atoms with E-state index in [-0.39, 0.29) is 5.56 Å². The zero-order chi connectivity index (χ0) is 19.7. The van der Waals surface area contributed by atoms with E-state index < -0.39 is 0 Å². The number of ether oxygens (including phenoxy) is 2. The van der Waals surface area contributed by atoms with Crippen LogP contribution in [0, 0.1) is 0 Å². The van der Waals surface area contributed by atoms with Crippen LogP contribution in [0.4, 0.5) is 0 Å². The largest absolute Gasteiger partial charge is 0.493 e. The van der Waals surface area contributed by atoms with E-state index in [0.29, 0.717) is 38.4 Å². The lowest BCUT2D eigenvalue weighted by Gasteiger charge is -2.09. The first kappa shape index (κ1) is 18.5. The normalized spacial score (nSPS) is 11.9. The first-order valence-electron chi connectivity index (χ1n) is 8.57. The second kappa shape index (κ2) is 7.61. The van der Waals surface area contributed by atoms with Crippen molar-refractivity contribution >= 4 is 34.0 Å². The van der Waals surface area contributed by atoms with Gasteiger partial charge < -0.3 is 9.47 Å². The molecule has 0 saturated carbocycles. The predicted molar refractivity (Wildman–Crippen MR) is 111 cm³/mol. The molecule has 28 heavy (non-hydrogen) atoms. The van der Waals surface area contributed by atoms with Crippen LogP contribution >= 0.6 is 22.9 Å². The molecule has 0 spiro atoms. The standard InChI is InChI=1S/C20H16ClN3O3S/c1-3-27-15-9-4-12(10-16(15)26-2)11-17-19(25)24-20(28-17)22-18(23-24)13-5-7-14(21)8-6-13/h4-11H,3H2,1-2H3/b17-11+. The van der Waals surface area contributed by atoms with Crippen LogP contribution in [-0.4, -0.2) is 28.3 Å². The molecule has 0 unspecified atom stereocenters. The maximum Gasteiger partial charge on any atom is 0.291 e.